The summed E-state index contributed by atoms with van der Waals surface area (Å²) in [5.41, 5.74) is 1.81. The molecule has 0 spiro atoms. The molecule has 4 rings (SSSR count). The van der Waals surface area contributed by atoms with Crippen LogP contribution in [0.25, 0.3) is 10.2 Å². The van der Waals surface area contributed by atoms with E-state index in [2.05, 4.69) is 20.8 Å². The van der Waals surface area contributed by atoms with Crippen molar-refractivity contribution in [2.24, 2.45) is 0 Å². The average Bonchev–Trinajstić information content (AvgIpc) is 3.39. The Morgan fingerprint density at radius 2 is 1.64 bits per heavy atom. The third-order valence-corrected chi connectivity index (χ3v) is 6.05. The van der Waals surface area contributed by atoms with Crippen LogP contribution in [0, 0.1) is 0 Å². The predicted molar refractivity (Wildman–Crippen MR) is 128 cm³/mol. The molecule has 0 aliphatic carbocycles. The lowest BCUT2D eigenvalue weighted by atomic mass is 10.1. The van der Waals surface area contributed by atoms with Gasteiger partial charge >= 0.3 is 0 Å². The normalized spacial score (nSPS) is 10.7. The lowest BCUT2D eigenvalue weighted by Crippen LogP contribution is -2.24. The molecule has 0 aliphatic rings. The SMILES string of the molecule is COc1cccc(CNC(=O)Cc2cc3c(NC(=O)Cc4cccc(OC)c4)[nH]nc3s2)c1. The van der Waals surface area contributed by atoms with Crippen molar-refractivity contribution in [3.05, 3.63) is 70.6 Å². The van der Waals surface area contributed by atoms with Crippen molar-refractivity contribution in [3.8, 4) is 11.5 Å². The van der Waals surface area contributed by atoms with E-state index in [1.54, 1.807) is 14.2 Å². The molecule has 2 aromatic heterocycles. The van der Waals surface area contributed by atoms with Gasteiger partial charge in [-0.2, -0.15) is 5.10 Å². The van der Waals surface area contributed by atoms with Crippen LogP contribution in [0.2, 0.25) is 0 Å². The average molecular weight is 465 g/mol. The number of hydrogen-bond acceptors (Lipinski definition) is 6. The number of hydrogen-bond donors (Lipinski definition) is 3. The zero-order chi connectivity index (χ0) is 23.2. The van der Waals surface area contributed by atoms with Gasteiger partial charge in [0.1, 0.15) is 22.1 Å². The number of methoxy groups -OCH3 is 2. The Hall–Kier alpha value is -3.85. The second-order valence-electron chi connectivity index (χ2n) is 7.41. The molecule has 9 heteroatoms. The highest BCUT2D eigenvalue weighted by Gasteiger charge is 2.15. The number of amides is 2. The number of rotatable bonds is 9. The summed E-state index contributed by atoms with van der Waals surface area (Å²) in [5.74, 6) is 1.72. The molecule has 3 N–H and O–H groups in total. The highest BCUT2D eigenvalue weighted by Crippen LogP contribution is 2.29. The molecule has 0 bridgehead atoms. The summed E-state index contributed by atoms with van der Waals surface area (Å²) in [7, 11) is 3.20. The van der Waals surface area contributed by atoms with Crippen LogP contribution < -0.4 is 20.1 Å². The fourth-order valence-electron chi connectivity index (χ4n) is 3.40. The number of fused-ring (bicyclic) bond motifs is 1. The van der Waals surface area contributed by atoms with Crippen molar-refractivity contribution < 1.29 is 19.1 Å². The zero-order valence-corrected chi connectivity index (χ0v) is 19.1. The van der Waals surface area contributed by atoms with Crippen molar-refractivity contribution in [1.29, 1.82) is 0 Å². The Morgan fingerprint density at radius 3 is 2.36 bits per heavy atom. The lowest BCUT2D eigenvalue weighted by Gasteiger charge is -2.06. The van der Waals surface area contributed by atoms with Crippen LogP contribution in [0.1, 0.15) is 16.0 Å². The maximum absolute atomic E-state index is 12.5. The van der Waals surface area contributed by atoms with Crippen molar-refractivity contribution in [3.63, 3.8) is 0 Å². The second-order valence-corrected chi connectivity index (χ2v) is 8.53. The van der Waals surface area contributed by atoms with Gasteiger partial charge in [-0.1, -0.05) is 24.3 Å². The smallest absolute Gasteiger partial charge is 0.229 e. The fraction of sp³-hybridized carbons (Fsp3) is 0.208. The summed E-state index contributed by atoms with van der Waals surface area (Å²) in [6, 6.07) is 16.8. The number of thiophene rings is 1. The molecule has 0 unspecified atom stereocenters. The number of nitrogens with one attached hydrogen (secondary N) is 3. The summed E-state index contributed by atoms with van der Waals surface area (Å²) >= 11 is 1.42. The topological polar surface area (TPSA) is 105 Å². The van der Waals surface area contributed by atoms with E-state index in [1.807, 2.05) is 54.6 Å². The van der Waals surface area contributed by atoms with Crippen LogP contribution in [0.4, 0.5) is 5.82 Å². The van der Waals surface area contributed by atoms with E-state index < -0.39 is 0 Å². The lowest BCUT2D eigenvalue weighted by molar-refractivity contribution is -0.120. The van der Waals surface area contributed by atoms with Crippen molar-refractivity contribution in [1.82, 2.24) is 15.5 Å². The summed E-state index contributed by atoms with van der Waals surface area (Å²) in [6.07, 6.45) is 0.448. The van der Waals surface area contributed by atoms with E-state index in [4.69, 9.17) is 9.47 Å². The number of carbonyl (C=O) groups is 2. The van der Waals surface area contributed by atoms with Crippen molar-refractivity contribution in [2.75, 3.05) is 19.5 Å². The fourth-order valence-corrected chi connectivity index (χ4v) is 4.39. The number of anilines is 1. The van der Waals surface area contributed by atoms with Gasteiger partial charge in [0.2, 0.25) is 11.8 Å². The first kappa shape index (κ1) is 22.3. The molecule has 0 aliphatic heterocycles. The second kappa shape index (κ2) is 10.2. The predicted octanol–water partition coefficient (Wildman–Crippen LogP) is 3.68. The Bertz CT molecular complexity index is 1280. The van der Waals surface area contributed by atoms with Crippen LogP contribution >= 0.6 is 11.3 Å². The van der Waals surface area contributed by atoms with E-state index in [1.165, 1.54) is 11.3 Å². The van der Waals surface area contributed by atoms with Gasteiger partial charge in [0.15, 0.2) is 0 Å². The quantitative estimate of drug-likeness (QED) is 0.350. The van der Waals surface area contributed by atoms with Crippen LogP contribution in [0.15, 0.2) is 54.6 Å². The van der Waals surface area contributed by atoms with Gasteiger partial charge in [0.25, 0.3) is 0 Å². The molecule has 0 fully saturated rings. The van der Waals surface area contributed by atoms with Crippen LogP contribution in [0.3, 0.4) is 0 Å². The van der Waals surface area contributed by atoms with E-state index in [9.17, 15) is 9.59 Å². The highest BCUT2D eigenvalue weighted by molar-refractivity contribution is 7.18. The third-order valence-electron chi connectivity index (χ3n) is 5.02. The number of benzene rings is 2. The minimum absolute atomic E-state index is 0.0886. The van der Waals surface area contributed by atoms with Gasteiger partial charge in [-0.3, -0.25) is 14.7 Å². The molecule has 170 valence electrons. The molecule has 0 saturated carbocycles. The van der Waals surface area contributed by atoms with Gasteiger partial charge in [-0.05, 0) is 41.5 Å². The molecule has 2 amide bonds. The first-order valence-electron chi connectivity index (χ1n) is 10.3. The monoisotopic (exact) mass is 464 g/mol. The number of carbonyl (C=O) groups excluding carboxylic acids is 2. The molecule has 4 aromatic rings. The van der Waals surface area contributed by atoms with Crippen LogP contribution in [0.5, 0.6) is 11.5 Å². The molecule has 33 heavy (non-hydrogen) atoms. The molecule has 0 atom stereocenters. The number of ether oxygens (including phenoxy) is 2. The standard InChI is InChI=1S/C24H24N4O4S/c1-31-17-7-3-5-15(9-17)11-22(30)26-23-20-12-19(33-24(20)28-27-23)13-21(29)25-14-16-6-4-8-18(10-16)32-2/h3-10,12H,11,13-14H2,1-2H3,(H,25,29)(H2,26,27,28,30). The third kappa shape index (κ3) is 5.69. The first-order valence-corrected chi connectivity index (χ1v) is 11.1. The Labute approximate surface area is 194 Å². The Balaban J connectivity index is 1.35. The van der Waals surface area contributed by atoms with E-state index in [0.29, 0.717) is 18.1 Å². The maximum Gasteiger partial charge on any atom is 0.229 e. The highest BCUT2D eigenvalue weighted by atomic mass is 32.1. The summed E-state index contributed by atoms with van der Waals surface area (Å²) in [6.45, 7) is 0.421. The largest absolute Gasteiger partial charge is 0.497 e. The number of aromatic amines is 1. The van der Waals surface area contributed by atoms with Gasteiger partial charge in [0, 0.05) is 11.4 Å². The molecule has 0 saturated heterocycles. The van der Waals surface area contributed by atoms with Gasteiger partial charge in [0.05, 0.1) is 32.4 Å². The molecular weight excluding hydrogens is 440 g/mol. The minimum Gasteiger partial charge on any atom is -0.497 e. The van der Waals surface area contributed by atoms with E-state index in [-0.39, 0.29) is 24.7 Å². The van der Waals surface area contributed by atoms with Crippen LogP contribution in [-0.2, 0) is 29.0 Å². The Kier molecular flexibility index (Phi) is 6.89. The summed E-state index contributed by atoms with van der Waals surface area (Å²) < 4.78 is 10.4. The molecule has 2 aromatic carbocycles. The zero-order valence-electron chi connectivity index (χ0n) is 18.3. The van der Waals surface area contributed by atoms with Crippen LogP contribution in [-0.4, -0.2) is 36.2 Å². The van der Waals surface area contributed by atoms with Gasteiger partial charge in [-0.15, -0.1) is 11.3 Å². The van der Waals surface area contributed by atoms with E-state index >= 15 is 0 Å². The number of aromatic nitrogens is 2. The summed E-state index contributed by atoms with van der Waals surface area (Å²) in [5, 5.41) is 13.7. The first-order chi connectivity index (χ1) is 16.0. The van der Waals surface area contributed by atoms with Crippen molar-refractivity contribution >= 4 is 39.2 Å². The van der Waals surface area contributed by atoms with Gasteiger partial charge < -0.3 is 20.1 Å². The van der Waals surface area contributed by atoms with Gasteiger partial charge in [-0.25, -0.2) is 0 Å². The molecule has 0 radical (unpaired) electrons. The molecule has 2 heterocycles. The molecule has 8 nitrogen and oxygen atoms in total. The Morgan fingerprint density at radius 1 is 0.939 bits per heavy atom. The minimum atomic E-state index is -0.169. The van der Waals surface area contributed by atoms with E-state index in [0.717, 1.165) is 32.0 Å². The maximum atomic E-state index is 12.5. The van der Waals surface area contributed by atoms with Crippen molar-refractivity contribution in [2.45, 2.75) is 19.4 Å². The number of H-pyrrole nitrogens is 1. The summed E-state index contributed by atoms with van der Waals surface area (Å²) in [4.78, 5) is 26.5. The molecular formula is C24H24N4O4S. The number of nitrogens with zero attached hydrogens (tertiary/aromatic N) is 1.